The first kappa shape index (κ1) is 26.6. The SMILES string of the molecule is CCN(CC)c1ccc2c(c1)Oc1cc(N(CC)CC)ccc1C2c1c(Cl)ccc(S(=O)(=O)O)c1Cl. The van der Waals surface area contributed by atoms with E-state index in [9.17, 15) is 13.0 Å². The topological polar surface area (TPSA) is 70.1 Å². The van der Waals surface area contributed by atoms with Crippen LogP contribution < -0.4 is 14.5 Å². The van der Waals surface area contributed by atoms with E-state index in [0.717, 1.165) is 48.7 Å². The van der Waals surface area contributed by atoms with Gasteiger partial charge in [0, 0.05) is 77.3 Å². The smallest absolute Gasteiger partial charge is 0.296 e. The van der Waals surface area contributed by atoms with Crippen molar-refractivity contribution in [3.63, 3.8) is 0 Å². The number of ether oxygens (including phenoxy) is 1. The summed E-state index contributed by atoms with van der Waals surface area (Å²) < 4.78 is 40.4. The molecule has 192 valence electrons. The lowest BCUT2D eigenvalue weighted by atomic mass is 9.82. The molecule has 1 aliphatic heterocycles. The highest BCUT2D eigenvalue weighted by atomic mass is 35.5. The maximum Gasteiger partial charge on any atom is 0.296 e. The van der Waals surface area contributed by atoms with Gasteiger partial charge in [-0.1, -0.05) is 35.3 Å². The van der Waals surface area contributed by atoms with Crippen LogP contribution in [-0.4, -0.2) is 39.1 Å². The molecule has 1 heterocycles. The summed E-state index contributed by atoms with van der Waals surface area (Å²) in [4.78, 5) is 4.07. The van der Waals surface area contributed by atoms with Gasteiger partial charge in [0.1, 0.15) is 16.4 Å². The second kappa shape index (κ2) is 10.5. The van der Waals surface area contributed by atoms with Crippen molar-refractivity contribution in [2.45, 2.75) is 38.5 Å². The first-order valence-corrected chi connectivity index (χ1v) is 14.2. The molecule has 0 radical (unpaired) electrons. The largest absolute Gasteiger partial charge is 0.457 e. The van der Waals surface area contributed by atoms with Gasteiger partial charge in [-0.2, -0.15) is 8.42 Å². The average Bonchev–Trinajstić information content (AvgIpc) is 2.84. The molecule has 0 bridgehead atoms. The van der Waals surface area contributed by atoms with Crippen LogP contribution in [0.15, 0.2) is 53.4 Å². The van der Waals surface area contributed by atoms with Crippen LogP contribution >= 0.6 is 23.2 Å². The van der Waals surface area contributed by atoms with Gasteiger partial charge >= 0.3 is 0 Å². The van der Waals surface area contributed by atoms with E-state index in [-0.39, 0.29) is 9.92 Å². The maximum absolute atomic E-state index is 12.1. The Kier molecular flexibility index (Phi) is 7.76. The molecule has 3 aromatic rings. The van der Waals surface area contributed by atoms with Gasteiger partial charge in [0.2, 0.25) is 0 Å². The van der Waals surface area contributed by atoms with Gasteiger partial charge in [-0.05, 0) is 52.0 Å². The van der Waals surface area contributed by atoms with Crippen LogP contribution in [0.3, 0.4) is 0 Å². The van der Waals surface area contributed by atoms with Crippen LogP contribution in [0.2, 0.25) is 10.0 Å². The van der Waals surface area contributed by atoms with E-state index < -0.39 is 16.0 Å². The van der Waals surface area contributed by atoms with Crippen molar-refractivity contribution < 1.29 is 17.7 Å². The predicted octanol–water partition coefficient (Wildman–Crippen LogP) is 7.22. The van der Waals surface area contributed by atoms with Gasteiger partial charge in [0.15, 0.2) is 0 Å². The van der Waals surface area contributed by atoms with Crippen LogP contribution in [0.1, 0.15) is 50.3 Å². The molecular formula is C27H30Cl2N2O4S. The van der Waals surface area contributed by atoms with Crippen LogP contribution in [0.25, 0.3) is 0 Å². The second-order valence-electron chi connectivity index (χ2n) is 8.57. The van der Waals surface area contributed by atoms with Crippen molar-refractivity contribution in [3.05, 3.63) is 75.3 Å². The minimum absolute atomic E-state index is 0.102. The lowest BCUT2D eigenvalue weighted by molar-refractivity contribution is 0.452. The summed E-state index contributed by atoms with van der Waals surface area (Å²) >= 11 is 13.3. The number of fused-ring (bicyclic) bond motifs is 2. The van der Waals surface area contributed by atoms with Gasteiger partial charge in [-0.3, -0.25) is 4.55 Å². The summed E-state index contributed by atoms with van der Waals surface area (Å²) in [6.45, 7) is 11.8. The summed E-state index contributed by atoms with van der Waals surface area (Å²) in [6.07, 6.45) is 0. The molecule has 0 aromatic heterocycles. The van der Waals surface area contributed by atoms with E-state index in [1.165, 1.54) is 12.1 Å². The molecule has 0 unspecified atom stereocenters. The first-order valence-electron chi connectivity index (χ1n) is 12.0. The molecule has 9 heteroatoms. The van der Waals surface area contributed by atoms with Crippen molar-refractivity contribution in [2.75, 3.05) is 36.0 Å². The van der Waals surface area contributed by atoms with E-state index in [0.29, 0.717) is 22.1 Å². The third-order valence-electron chi connectivity index (χ3n) is 6.75. The summed E-state index contributed by atoms with van der Waals surface area (Å²) in [5.41, 5.74) is 4.07. The zero-order valence-electron chi connectivity index (χ0n) is 20.8. The maximum atomic E-state index is 12.1. The van der Waals surface area contributed by atoms with Crippen LogP contribution in [-0.2, 0) is 10.1 Å². The quantitative estimate of drug-likeness (QED) is 0.234. The number of anilines is 2. The van der Waals surface area contributed by atoms with Gasteiger partial charge in [-0.25, -0.2) is 0 Å². The zero-order valence-corrected chi connectivity index (χ0v) is 23.1. The van der Waals surface area contributed by atoms with Crippen molar-refractivity contribution in [1.29, 1.82) is 0 Å². The fourth-order valence-corrected chi connectivity index (χ4v) is 6.34. The fourth-order valence-electron chi connectivity index (χ4n) is 4.88. The Balaban J connectivity index is 1.99. The average molecular weight is 550 g/mol. The Hall–Kier alpha value is -2.45. The summed E-state index contributed by atoms with van der Waals surface area (Å²) in [6, 6.07) is 14.7. The molecule has 0 amide bonds. The normalized spacial score (nSPS) is 13.1. The second-order valence-corrected chi connectivity index (χ2v) is 10.7. The molecule has 0 saturated heterocycles. The third-order valence-corrected chi connectivity index (χ3v) is 8.50. The Morgan fingerprint density at radius 3 is 1.69 bits per heavy atom. The number of rotatable bonds is 8. The molecule has 0 saturated carbocycles. The molecule has 36 heavy (non-hydrogen) atoms. The molecule has 4 rings (SSSR count). The van der Waals surface area contributed by atoms with Gasteiger partial charge in [0.25, 0.3) is 10.1 Å². The lowest BCUT2D eigenvalue weighted by Gasteiger charge is -2.32. The van der Waals surface area contributed by atoms with Crippen LogP contribution in [0.5, 0.6) is 11.5 Å². The summed E-state index contributed by atoms with van der Waals surface area (Å²) in [5, 5.41) is 0.200. The van der Waals surface area contributed by atoms with Crippen molar-refractivity contribution in [1.82, 2.24) is 0 Å². The van der Waals surface area contributed by atoms with E-state index >= 15 is 0 Å². The summed E-state index contributed by atoms with van der Waals surface area (Å²) in [7, 11) is -4.55. The molecule has 6 nitrogen and oxygen atoms in total. The first-order chi connectivity index (χ1) is 17.1. The van der Waals surface area contributed by atoms with Crippen molar-refractivity contribution >= 4 is 44.7 Å². The molecule has 1 N–H and O–H groups in total. The molecular weight excluding hydrogens is 519 g/mol. The van der Waals surface area contributed by atoms with Crippen molar-refractivity contribution in [2.24, 2.45) is 0 Å². The number of benzene rings is 3. The molecule has 0 fully saturated rings. The highest BCUT2D eigenvalue weighted by Gasteiger charge is 2.34. The van der Waals surface area contributed by atoms with Gasteiger partial charge in [0.05, 0.1) is 5.02 Å². The standard InChI is InChI=1S/C27H30Cl2N2O4S/c1-5-30(6-2)17-9-11-19-22(15-17)35-23-16-18(31(7-3)8-4)10-12-20(23)25(19)26-21(28)13-14-24(27(26)29)36(32,33)34/h9-16,25H,5-8H2,1-4H3,(H,32,33,34). The Bertz CT molecular complexity index is 1330. The van der Waals surface area contributed by atoms with E-state index in [2.05, 4.69) is 37.5 Å². The monoisotopic (exact) mass is 548 g/mol. The lowest BCUT2D eigenvalue weighted by Crippen LogP contribution is -2.23. The molecule has 0 spiro atoms. The van der Waals surface area contributed by atoms with Gasteiger partial charge in [-0.15, -0.1) is 0 Å². The zero-order chi connectivity index (χ0) is 26.2. The third kappa shape index (κ3) is 4.77. The Morgan fingerprint density at radius 2 is 1.28 bits per heavy atom. The minimum Gasteiger partial charge on any atom is -0.457 e. The molecule has 3 aromatic carbocycles. The molecule has 0 aliphatic carbocycles. The number of halogens is 2. The fraction of sp³-hybridized carbons (Fsp3) is 0.333. The van der Waals surface area contributed by atoms with E-state index in [1.807, 2.05) is 36.4 Å². The number of nitrogens with zero attached hydrogens (tertiary/aromatic N) is 2. The number of hydrogen-bond donors (Lipinski definition) is 1. The van der Waals surface area contributed by atoms with Crippen LogP contribution in [0, 0.1) is 0 Å². The van der Waals surface area contributed by atoms with Crippen LogP contribution in [0.4, 0.5) is 11.4 Å². The highest BCUT2D eigenvalue weighted by Crippen LogP contribution is 2.52. The Labute approximate surface area is 223 Å². The Morgan fingerprint density at radius 1 is 0.806 bits per heavy atom. The van der Waals surface area contributed by atoms with Gasteiger partial charge < -0.3 is 14.5 Å². The highest BCUT2D eigenvalue weighted by molar-refractivity contribution is 7.86. The summed E-state index contributed by atoms with van der Waals surface area (Å²) in [5.74, 6) is 0.804. The van der Waals surface area contributed by atoms with E-state index in [4.69, 9.17) is 27.9 Å². The predicted molar refractivity (Wildman–Crippen MR) is 147 cm³/mol. The minimum atomic E-state index is -4.55. The number of hydrogen-bond acceptors (Lipinski definition) is 5. The molecule has 0 atom stereocenters. The molecule has 1 aliphatic rings. The van der Waals surface area contributed by atoms with E-state index in [1.54, 1.807) is 0 Å². The van der Waals surface area contributed by atoms with Crippen molar-refractivity contribution in [3.8, 4) is 11.5 Å².